The molecular formula is C17H28O4. The van der Waals surface area contributed by atoms with Gasteiger partial charge in [0.25, 0.3) is 0 Å². The molecule has 0 aromatic heterocycles. The lowest BCUT2D eigenvalue weighted by molar-refractivity contribution is 0.297. The molecule has 0 amide bonds. The van der Waals surface area contributed by atoms with Crippen molar-refractivity contribution in [1.29, 1.82) is 0 Å². The molecule has 0 fully saturated rings. The zero-order valence-electron chi connectivity index (χ0n) is 13.5. The molecule has 4 heteroatoms. The largest absolute Gasteiger partial charge is 0.512 e. The molecule has 0 aromatic rings. The monoisotopic (exact) mass is 296 g/mol. The Morgan fingerprint density at radius 1 is 1.24 bits per heavy atom. The molecule has 0 aromatic carbocycles. The predicted molar refractivity (Wildman–Crippen MR) is 88.1 cm³/mol. The zero-order valence-corrected chi connectivity index (χ0v) is 13.5. The Morgan fingerprint density at radius 3 is 2.33 bits per heavy atom. The molecule has 0 bridgehead atoms. The molecule has 0 saturated carbocycles. The van der Waals surface area contributed by atoms with E-state index in [2.05, 4.69) is 6.58 Å². The van der Waals surface area contributed by atoms with Crippen molar-refractivity contribution in [2.24, 2.45) is 0 Å². The summed E-state index contributed by atoms with van der Waals surface area (Å²) >= 11 is 0. The van der Waals surface area contributed by atoms with Crippen LogP contribution in [-0.2, 0) is 9.47 Å². The molecule has 2 N–H and O–H groups in total. The van der Waals surface area contributed by atoms with Gasteiger partial charge in [0.2, 0.25) is 0 Å². The topological polar surface area (TPSA) is 58.9 Å². The van der Waals surface area contributed by atoms with Crippen LogP contribution in [0.15, 0.2) is 60.5 Å². The lowest BCUT2D eigenvalue weighted by Crippen LogP contribution is -1.81. The van der Waals surface area contributed by atoms with Crippen LogP contribution in [0.5, 0.6) is 0 Å². The molecule has 0 unspecified atom stereocenters. The third-order valence-corrected chi connectivity index (χ3v) is 2.37. The van der Waals surface area contributed by atoms with Crippen molar-refractivity contribution in [2.75, 3.05) is 14.2 Å². The second-order valence-corrected chi connectivity index (χ2v) is 4.15. The van der Waals surface area contributed by atoms with Gasteiger partial charge in [-0.1, -0.05) is 37.6 Å². The van der Waals surface area contributed by atoms with E-state index in [0.717, 1.165) is 30.4 Å². The number of hydrogen-bond donors (Lipinski definition) is 2. The quantitative estimate of drug-likeness (QED) is 0.492. The highest BCUT2D eigenvalue weighted by molar-refractivity contribution is 5.24. The number of aliphatic hydroxyl groups excluding tert-OH is 2. The summed E-state index contributed by atoms with van der Waals surface area (Å²) in [5, 5.41) is 16.7. The number of rotatable bonds is 8. The summed E-state index contributed by atoms with van der Waals surface area (Å²) < 4.78 is 9.83. The average molecular weight is 296 g/mol. The minimum absolute atomic E-state index is 0.0758. The van der Waals surface area contributed by atoms with Crippen LogP contribution in [0, 0.1) is 0 Å². The fourth-order valence-electron chi connectivity index (χ4n) is 1.03. The van der Waals surface area contributed by atoms with Crippen molar-refractivity contribution in [3.8, 4) is 0 Å². The van der Waals surface area contributed by atoms with Gasteiger partial charge in [-0.25, -0.2) is 0 Å². The summed E-state index contributed by atoms with van der Waals surface area (Å²) in [6, 6.07) is 0. The fraction of sp³-hybridized carbons (Fsp3) is 0.412. The van der Waals surface area contributed by atoms with Gasteiger partial charge in [0.15, 0.2) is 0 Å². The summed E-state index contributed by atoms with van der Waals surface area (Å²) in [7, 11) is 3.21. The number of methoxy groups -OCH3 is 2. The second-order valence-electron chi connectivity index (χ2n) is 4.15. The van der Waals surface area contributed by atoms with Gasteiger partial charge in [-0.05, 0) is 19.4 Å². The van der Waals surface area contributed by atoms with Crippen LogP contribution in [0.25, 0.3) is 0 Å². The van der Waals surface area contributed by atoms with Crippen molar-refractivity contribution >= 4 is 0 Å². The first kappa shape index (κ1) is 21.2. The summed E-state index contributed by atoms with van der Waals surface area (Å²) in [5.41, 5.74) is 1.08. The van der Waals surface area contributed by atoms with Crippen molar-refractivity contribution in [3.63, 3.8) is 0 Å². The first-order valence-electron chi connectivity index (χ1n) is 6.82. The van der Waals surface area contributed by atoms with Gasteiger partial charge < -0.3 is 19.7 Å². The smallest absolute Gasteiger partial charge is 0.126 e. The molecule has 0 aliphatic carbocycles. The second kappa shape index (κ2) is 16.0. The van der Waals surface area contributed by atoms with Crippen molar-refractivity contribution in [2.45, 2.75) is 33.1 Å². The lowest BCUT2D eigenvalue weighted by atomic mass is 10.2. The highest BCUT2D eigenvalue weighted by Crippen LogP contribution is 2.02. The fourth-order valence-corrected chi connectivity index (χ4v) is 1.03. The number of hydrogen-bond acceptors (Lipinski definition) is 4. The van der Waals surface area contributed by atoms with E-state index in [9.17, 15) is 0 Å². The van der Waals surface area contributed by atoms with Crippen LogP contribution in [0.2, 0.25) is 0 Å². The Balaban J connectivity index is 0. The number of aliphatic hydroxyl groups is 2. The molecule has 0 aliphatic rings. The molecule has 4 nitrogen and oxygen atoms in total. The Labute approximate surface area is 128 Å². The Morgan fingerprint density at radius 2 is 1.90 bits per heavy atom. The van der Waals surface area contributed by atoms with Gasteiger partial charge >= 0.3 is 0 Å². The van der Waals surface area contributed by atoms with Gasteiger partial charge in [-0.2, -0.15) is 0 Å². The summed E-state index contributed by atoms with van der Waals surface area (Å²) in [5.74, 6) is 0.815. The molecular weight excluding hydrogens is 268 g/mol. The Kier molecular flexibility index (Phi) is 16.1. The molecule has 0 atom stereocenters. The van der Waals surface area contributed by atoms with Gasteiger partial charge in [0, 0.05) is 12.5 Å². The van der Waals surface area contributed by atoms with Gasteiger partial charge in [-0.15, -0.1) is 0 Å². The first-order valence-corrected chi connectivity index (χ1v) is 6.82. The van der Waals surface area contributed by atoms with Crippen LogP contribution in [0.3, 0.4) is 0 Å². The minimum Gasteiger partial charge on any atom is -0.512 e. The van der Waals surface area contributed by atoms with E-state index in [1.165, 1.54) is 0 Å². The van der Waals surface area contributed by atoms with E-state index in [1.54, 1.807) is 32.6 Å². The lowest BCUT2D eigenvalue weighted by Gasteiger charge is -1.97. The summed E-state index contributed by atoms with van der Waals surface area (Å²) in [6.07, 6.45) is 12.2. The van der Waals surface area contributed by atoms with Crippen LogP contribution in [0.4, 0.5) is 0 Å². The van der Waals surface area contributed by atoms with Crippen LogP contribution < -0.4 is 0 Å². The third-order valence-electron chi connectivity index (χ3n) is 2.37. The normalized spacial score (nSPS) is 12.7. The maximum Gasteiger partial charge on any atom is 0.126 e. The standard InChI is InChI=1S/C11H16O2.C6H12O2/c1-5-10(2)6-7-11(13-4)8-9-12-3;1-2-3-4-6(8)5-7/h5-9H,1H2,2-4H3;5,7-8H,2-4H2,1H3/b9-8+,10-6+,11-7+;. The van der Waals surface area contributed by atoms with E-state index < -0.39 is 0 Å². The molecule has 0 radical (unpaired) electrons. The third kappa shape index (κ3) is 15.8. The maximum atomic E-state index is 8.60. The van der Waals surface area contributed by atoms with Crippen LogP contribution >= 0.6 is 0 Å². The van der Waals surface area contributed by atoms with E-state index in [-0.39, 0.29) is 5.76 Å². The zero-order chi connectivity index (χ0) is 16.5. The predicted octanol–water partition coefficient (Wildman–Crippen LogP) is 4.94. The number of allylic oxidation sites excluding steroid dienone is 6. The average Bonchev–Trinajstić information content (AvgIpc) is 2.52. The molecule has 0 rings (SSSR count). The Bertz CT molecular complexity index is 376. The van der Waals surface area contributed by atoms with Crippen molar-refractivity contribution in [3.05, 3.63) is 60.5 Å². The highest BCUT2D eigenvalue weighted by Gasteiger charge is 1.88. The van der Waals surface area contributed by atoms with E-state index >= 15 is 0 Å². The minimum atomic E-state index is 0.0758. The van der Waals surface area contributed by atoms with E-state index in [4.69, 9.17) is 19.7 Å². The van der Waals surface area contributed by atoms with Gasteiger partial charge in [0.1, 0.15) is 17.8 Å². The van der Waals surface area contributed by atoms with Crippen molar-refractivity contribution in [1.82, 2.24) is 0 Å². The number of unbranched alkanes of at least 4 members (excludes halogenated alkanes) is 1. The summed E-state index contributed by atoms with van der Waals surface area (Å²) in [4.78, 5) is 0. The molecule has 0 saturated heterocycles. The Hall–Kier alpha value is -2.10. The molecule has 0 aliphatic heterocycles. The van der Waals surface area contributed by atoms with E-state index in [1.807, 2.05) is 26.0 Å². The summed E-state index contributed by atoms with van der Waals surface area (Å²) in [6.45, 7) is 7.65. The molecule has 0 spiro atoms. The molecule has 21 heavy (non-hydrogen) atoms. The first-order chi connectivity index (χ1) is 10.0. The van der Waals surface area contributed by atoms with Gasteiger partial charge in [-0.3, -0.25) is 0 Å². The van der Waals surface area contributed by atoms with Crippen LogP contribution in [0.1, 0.15) is 33.1 Å². The van der Waals surface area contributed by atoms with E-state index in [0.29, 0.717) is 6.42 Å². The van der Waals surface area contributed by atoms with Crippen LogP contribution in [-0.4, -0.2) is 24.4 Å². The SMILES string of the molecule is C=C/C(C)=C/C=C(\C=C\OC)OC.CCCCC(O)=CO. The van der Waals surface area contributed by atoms with Crippen molar-refractivity contribution < 1.29 is 19.7 Å². The molecule has 120 valence electrons. The maximum absolute atomic E-state index is 8.60. The molecule has 0 heterocycles. The highest BCUT2D eigenvalue weighted by atomic mass is 16.5. The number of ether oxygens (including phenoxy) is 2. The van der Waals surface area contributed by atoms with Gasteiger partial charge in [0.05, 0.1) is 20.5 Å².